The van der Waals surface area contributed by atoms with Gasteiger partial charge in [-0.2, -0.15) is 4.31 Å². The van der Waals surface area contributed by atoms with Crippen LogP contribution in [0.15, 0.2) is 29.2 Å². The summed E-state index contributed by atoms with van der Waals surface area (Å²) in [5.74, 6) is 1.23. The monoisotopic (exact) mass is 378 g/mol. The van der Waals surface area contributed by atoms with E-state index in [1.54, 1.807) is 16.4 Å². The number of hydrogen-bond acceptors (Lipinski definition) is 3. The Labute approximate surface area is 159 Å². The van der Waals surface area contributed by atoms with Gasteiger partial charge in [0.25, 0.3) is 0 Å². The second kappa shape index (κ2) is 8.85. The number of nitrogens with zero attached hydrogens (tertiary/aromatic N) is 2. The van der Waals surface area contributed by atoms with Crippen molar-refractivity contribution in [2.24, 2.45) is 11.8 Å². The van der Waals surface area contributed by atoms with Crippen LogP contribution < -0.4 is 0 Å². The minimum Gasteiger partial charge on any atom is -0.303 e. The van der Waals surface area contributed by atoms with Crippen LogP contribution in [0.25, 0.3) is 0 Å². The van der Waals surface area contributed by atoms with Gasteiger partial charge in [0.1, 0.15) is 0 Å². The summed E-state index contributed by atoms with van der Waals surface area (Å²) in [6.07, 6.45) is 6.97. The molecule has 146 valence electrons. The average molecular weight is 379 g/mol. The third kappa shape index (κ3) is 5.08. The maximum Gasteiger partial charge on any atom is 0.243 e. The Balaban J connectivity index is 1.55. The van der Waals surface area contributed by atoms with Crippen LogP contribution in [0.2, 0.25) is 0 Å². The summed E-state index contributed by atoms with van der Waals surface area (Å²) in [6.45, 7) is 9.28. The second-order valence-corrected chi connectivity index (χ2v) is 10.4. The molecule has 1 aromatic carbocycles. The van der Waals surface area contributed by atoms with E-state index in [2.05, 4.69) is 18.7 Å². The summed E-state index contributed by atoms with van der Waals surface area (Å²) in [6, 6.07) is 7.51. The summed E-state index contributed by atoms with van der Waals surface area (Å²) in [5.41, 5.74) is 1.21. The van der Waals surface area contributed by atoms with Crippen LogP contribution in [-0.2, 0) is 16.4 Å². The van der Waals surface area contributed by atoms with Crippen LogP contribution in [-0.4, -0.2) is 50.3 Å². The SMILES string of the molecule is CC(C)Cc1ccc(S(=O)(=O)N2CCC(CN3CCCCC3)CC2)cc1. The fraction of sp³-hybridized carbons (Fsp3) is 0.714. The number of piperidine rings is 2. The molecule has 3 rings (SSSR count). The summed E-state index contributed by atoms with van der Waals surface area (Å²) in [5, 5.41) is 0. The normalized spacial score (nSPS) is 21.3. The molecule has 0 aliphatic carbocycles. The average Bonchev–Trinajstić information content (AvgIpc) is 2.63. The summed E-state index contributed by atoms with van der Waals surface area (Å²) in [7, 11) is -3.34. The molecule has 0 saturated carbocycles. The highest BCUT2D eigenvalue weighted by atomic mass is 32.2. The zero-order valence-electron chi connectivity index (χ0n) is 16.4. The van der Waals surface area contributed by atoms with Gasteiger partial charge in [-0.15, -0.1) is 0 Å². The van der Waals surface area contributed by atoms with Crippen LogP contribution in [0, 0.1) is 11.8 Å². The van der Waals surface area contributed by atoms with Gasteiger partial charge in [0.15, 0.2) is 0 Å². The highest BCUT2D eigenvalue weighted by Crippen LogP contribution is 2.25. The molecule has 2 fully saturated rings. The van der Waals surface area contributed by atoms with E-state index in [9.17, 15) is 8.42 Å². The molecule has 0 atom stereocenters. The van der Waals surface area contributed by atoms with Gasteiger partial charge < -0.3 is 4.90 Å². The van der Waals surface area contributed by atoms with Crippen molar-refractivity contribution in [1.29, 1.82) is 0 Å². The van der Waals surface area contributed by atoms with Crippen molar-refractivity contribution in [3.8, 4) is 0 Å². The molecule has 2 saturated heterocycles. The molecule has 4 nitrogen and oxygen atoms in total. The van der Waals surface area contributed by atoms with Crippen molar-refractivity contribution in [3.63, 3.8) is 0 Å². The Kier molecular flexibility index (Phi) is 6.76. The third-order valence-corrected chi connectivity index (χ3v) is 7.66. The van der Waals surface area contributed by atoms with Gasteiger partial charge in [-0.1, -0.05) is 32.4 Å². The van der Waals surface area contributed by atoms with Gasteiger partial charge in [0, 0.05) is 19.6 Å². The molecule has 2 aliphatic heterocycles. The molecule has 2 heterocycles. The Morgan fingerprint density at radius 1 is 0.962 bits per heavy atom. The lowest BCUT2D eigenvalue weighted by Gasteiger charge is -2.35. The quantitative estimate of drug-likeness (QED) is 0.756. The maximum atomic E-state index is 12.9. The van der Waals surface area contributed by atoms with Gasteiger partial charge in [-0.3, -0.25) is 0 Å². The first-order chi connectivity index (χ1) is 12.4. The summed E-state index contributed by atoms with van der Waals surface area (Å²) >= 11 is 0. The van der Waals surface area contributed by atoms with E-state index in [1.165, 1.54) is 37.9 Å². The molecule has 0 amide bonds. The Hall–Kier alpha value is -0.910. The van der Waals surface area contributed by atoms with E-state index < -0.39 is 10.0 Å². The van der Waals surface area contributed by atoms with E-state index >= 15 is 0 Å². The van der Waals surface area contributed by atoms with E-state index in [0.717, 1.165) is 25.8 Å². The highest BCUT2D eigenvalue weighted by Gasteiger charge is 2.30. The first kappa shape index (κ1) is 19.8. The van der Waals surface area contributed by atoms with Crippen molar-refractivity contribution in [3.05, 3.63) is 29.8 Å². The zero-order valence-corrected chi connectivity index (χ0v) is 17.2. The number of sulfonamides is 1. The van der Waals surface area contributed by atoms with Crippen molar-refractivity contribution < 1.29 is 8.42 Å². The third-order valence-electron chi connectivity index (χ3n) is 5.74. The van der Waals surface area contributed by atoms with Gasteiger partial charge in [0.2, 0.25) is 10.0 Å². The topological polar surface area (TPSA) is 40.6 Å². The fourth-order valence-electron chi connectivity index (χ4n) is 4.26. The van der Waals surface area contributed by atoms with Crippen LogP contribution in [0.1, 0.15) is 51.5 Å². The number of likely N-dealkylation sites (tertiary alicyclic amines) is 1. The lowest BCUT2D eigenvalue weighted by Crippen LogP contribution is -2.42. The van der Waals surface area contributed by atoms with Crippen molar-refractivity contribution in [2.45, 2.75) is 57.3 Å². The van der Waals surface area contributed by atoms with Crippen molar-refractivity contribution in [2.75, 3.05) is 32.7 Å². The first-order valence-electron chi connectivity index (χ1n) is 10.3. The molecular formula is C21H34N2O2S. The molecule has 2 aliphatic rings. The summed E-state index contributed by atoms with van der Waals surface area (Å²) in [4.78, 5) is 3.02. The molecule has 26 heavy (non-hydrogen) atoms. The summed E-state index contributed by atoms with van der Waals surface area (Å²) < 4.78 is 27.6. The van der Waals surface area contributed by atoms with E-state index in [0.29, 0.717) is 29.8 Å². The number of benzene rings is 1. The highest BCUT2D eigenvalue weighted by molar-refractivity contribution is 7.89. The van der Waals surface area contributed by atoms with E-state index in [1.807, 2.05) is 12.1 Å². The fourth-order valence-corrected chi connectivity index (χ4v) is 5.73. The lowest BCUT2D eigenvalue weighted by atomic mass is 9.96. The molecule has 0 unspecified atom stereocenters. The molecule has 5 heteroatoms. The van der Waals surface area contributed by atoms with Crippen LogP contribution >= 0.6 is 0 Å². The zero-order chi connectivity index (χ0) is 18.6. The molecule has 0 radical (unpaired) electrons. The predicted molar refractivity (Wildman–Crippen MR) is 107 cm³/mol. The Bertz CT molecular complexity index is 656. The number of hydrogen-bond donors (Lipinski definition) is 0. The van der Waals surface area contributed by atoms with Crippen LogP contribution in [0.3, 0.4) is 0 Å². The van der Waals surface area contributed by atoms with Gasteiger partial charge in [0.05, 0.1) is 4.90 Å². The van der Waals surface area contributed by atoms with E-state index in [4.69, 9.17) is 0 Å². The van der Waals surface area contributed by atoms with Gasteiger partial charge in [-0.25, -0.2) is 8.42 Å². The number of rotatable bonds is 6. The standard InChI is InChI=1S/C21H34N2O2S/c1-18(2)16-19-6-8-21(9-7-19)26(24,25)23-14-10-20(11-15-23)17-22-12-4-3-5-13-22/h6-9,18,20H,3-5,10-17H2,1-2H3. The molecule has 0 N–H and O–H groups in total. The molecule has 0 bridgehead atoms. The Morgan fingerprint density at radius 3 is 2.15 bits per heavy atom. The second-order valence-electron chi connectivity index (χ2n) is 8.45. The van der Waals surface area contributed by atoms with Gasteiger partial charge >= 0.3 is 0 Å². The maximum absolute atomic E-state index is 12.9. The molecule has 0 spiro atoms. The van der Waals surface area contributed by atoms with Crippen molar-refractivity contribution in [1.82, 2.24) is 9.21 Å². The molecule has 0 aromatic heterocycles. The Morgan fingerprint density at radius 2 is 1.58 bits per heavy atom. The minimum atomic E-state index is -3.34. The molecule has 1 aromatic rings. The van der Waals surface area contributed by atoms with Crippen LogP contribution in [0.5, 0.6) is 0 Å². The van der Waals surface area contributed by atoms with Crippen LogP contribution in [0.4, 0.5) is 0 Å². The molecular weight excluding hydrogens is 344 g/mol. The first-order valence-corrected chi connectivity index (χ1v) is 11.7. The van der Waals surface area contributed by atoms with E-state index in [-0.39, 0.29) is 0 Å². The minimum absolute atomic E-state index is 0.444. The van der Waals surface area contributed by atoms with Crippen molar-refractivity contribution >= 4 is 10.0 Å². The smallest absolute Gasteiger partial charge is 0.243 e. The lowest BCUT2D eigenvalue weighted by molar-refractivity contribution is 0.161. The predicted octanol–water partition coefficient (Wildman–Crippen LogP) is 3.77. The van der Waals surface area contributed by atoms with Gasteiger partial charge in [-0.05, 0) is 74.7 Å². The largest absolute Gasteiger partial charge is 0.303 e.